The Morgan fingerprint density at radius 3 is 2.95 bits per heavy atom. The second-order valence-corrected chi connectivity index (χ2v) is 7.19. The van der Waals surface area contributed by atoms with Gasteiger partial charge < -0.3 is 9.80 Å². The highest BCUT2D eigenvalue weighted by molar-refractivity contribution is 8.00. The monoisotopic (exact) mass is 318 g/mol. The van der Waals surface area contributed by atoms with Crippen LogP contribution in [0.1, 0.15) is 42.1 Å². The third-order valence-corrected chi connectivity index (χ3v) is 5.75. The molecule has 2 heterocycles. The van der Waals surface area contributed by atoms with Gasteiger partial charge in [-0.1, -0.05) is 13.3 Å². The summed E-state index contributed by atoms with van der Waals surface area (Å²) in [6.45, 7) is 3.00. The number of hydrogen-bond acceptors (Lipinski definition) is 3. The summed E-state index contributed by atoms with van der Waals surface area (Å²) in [6, 6.07) is 5.76. The Kier molecular flexibility index (Phi) is 4.43. The van der Waals surface area contributed by atoms with Crippen LogP contribution >= 0.6 is 11.8 Å². The first-order valence-electron chi connectivity index (χ1n) is 7.94. The summed E-state index contributed by atoms with van der Waals surface area (Å²) in [5.74, 6) is 1.30. The van der Waals surface area contributed by atoms with Crippen molar-refractivity contribution in [3.05, 3.63) is 29.3 Å². The van der Waals surface area contributed by atoms with Gasteiger partial charge in [0.15, 0.2) is 0 Å². The van der Waals surface area contributed by atoms with Crippen LogP contribution < -0.4 is 4.90 Å². The second kappa shape index (κ2) is 6.32. The topological polar surface area (TPSA) is 40.6 Å². The van der Waals surface area contributed by atoms with Gasteiger partial charge in [0.2, 0.25) is 5.91 Å². The van der Waals surface area contributed by atoms with E-state index in [1.165, 1.54) is 0 Å². The van der Waals surface area contributed by atoms with Crippen LogP contribution in [0.4, 0.5) is 5.69 Å². The quantitative estimate of drug-likeness (QED) is 0.860. The zero-order valence-corrected chi connectivity index (χ0v) is 14.0. The van der Waals surface area contributed by atoms with E-state index >= 15 is 0 Å². The van der Waals surface area contributed by atoms with Crippen LogP contribution in [0.2, 0.25) is 0 Å². The molecule has 3 rings (SSSR count). The fourth-order valence-electron chi connectivity index (χ4n) is 3.19. The molecule has 1 aromatic carbocycles. The van der Waals surface area contributed by atoms with Crippen molar-refractivity contribution in [2.75, 3.05) is 24.2 Å². The molecule has 118 valence electrons. The molecule has 1 fully saturated rings. The van der Waals surface area contributed by atoms with Gasteiger partial charge in [-0.3, -0.25) is 9.59 Å². The summed E-state index contributed by atoms with van der Waals surface area (Å²) in [6.07, 6.45) is 3.41. The first kappa shape index (κ1) is 15.4. The molecule has 4 nitrogen and oxygen atoms in total. The predicted molar refractivity (Wildman–Crippen MR) is 90.4 cm³/mol. The van der Waals surface area contributed by atoms with Crippen molar-refractivity contribution in [3.63, 3.8) is 0 Å². The molecule has 0 N–H and O–H groups in total. The minimum Gasteiger partial charge on any atom is -0.326 e. The van der Waals surface area contributed by atoms with E-state index in [4.69, 9.17) is 0 Å². The van der Waals surface area contributed by atoms with E-state index in [0.29, 0.717) is 11.8 Å². The fraction of sp³-hybridized carbons (Fsp3) is 0.529. The van der Waals surface area contributed by atoms with Crippen LogP contribution in [0, 0.1) is 0 Å². The summed E-state index contributed by atoms with van der Waals surface area (Å²) in [5, 5.41) is 0.317. The lowest BCUT2D eigenvalue weighted by atomic mass is 9.98. The van der Waals surface area contributed by atoms with Gasteiger partial charge in [0, 0.05) is 37.0 Å². The maximum absolute atomic E-state index is 12.8. The van der Waals surface area contributed by atoms with Crippen LogP contribution in [-0.4, -0.2) is 41.4 Å². The van der Waals surface area contributed by atoms with Gasteiger partial charge in [-0.15, -0.1) is 11.8 Å². The highest BCUT2D eigenvalue weighted by Gasteiger charge is 2.30. The number of aryl methyl sites for hydroxylation is 1. The molecule has 0 aliphatic carbocycles. The van der Waals surface area contributed by atoms with Gasteiger partial charge in [0.1, 0.15) is 0 Å². The average molecular weight is 318 g/mol. The van der Waals surface area contributed by atoms with Crippen LogP contribution in [0.25, 0.3) is 0 Å². The van der Waals surface area contributed by atoms with E-state index in [1.54, 1.807) is 11.9 Å². The van der Waals surface area contributed by atoms with E-state index in [2.05, 4.69) is 6.92 Å². The summed E-state index contributed by atoms with van der Waals surface area (Å²) in [4.78, 5) is 28.2. The van der Waals surface area contributed by atoms with Gasteiger partial charge in [0.25, 0.3) is 5.91 Å². The normalized spacial score (nSPS) is 21.2. The summed E-state index contributed by atoms with van der Waals surface area (Å²) < 4.78 is 0. The molecule has 1 aromatic rings. The number of hydrogen-bond donors (Lipinski definition) is 0. The SMILES string of the molecule is CCC[C@@H]1SCCN1C(=O)c1ccc2c(c1)CCC(=O)N2C. The molecule has 2 amide bonds. The van der Waals surface area contributed by atoms with Crippen molar-refractivity contribution in [1.29, 1.82) is 0 Å². The Bertz CT molecular complexity index is 602. The number of carbonyl (C=O) groups excluding carboxylic acids is 2. The van der Waals surface area contributed by atoms with Gasteiger partial charge in [-0.25, -0.2) is 0 Å². The molecule has 0 spiro atoms. The Hall–Kier alpha value is -1.49. The smallest absolute Gasteiger partial charge is 0.254 e. The lowest BCUT2D eigenvalue weighted by molar-refractivity contribution is -0.118. The summed E-state index contributed by atoms with van der Waals surface area (Å²) in [5.41, 5.74) is 2.80. The van der Waals surface area contributed by atoms with Crippen molar-refractivity contribution < 1.29 is 9.59 Å². The number of carbonyl (C=O) groups is 2. The van der Waals surface area contributed by atoms with Gasteiger partial charge in [0.05, 0.1) is 5.37 Å². The largest absolute Gasteiger partial charge is 0.326 e. The molecule has 0 unspecified atom stereocenters. The molecule has 0 bridgehead atoms. The Labute approximate surface area is 135 Å². The molecule has 1 saturated heterocycles. The molecular formula is C17H22N2O2S. The van der Waals surface area contributed by atoms with Crippen molar-refractivity contribution in [3.8, 4) is 0 Å². The van der Waals surface area contributed by atoms with E-state index in [9.17, 15) is 9.59 Å². The van der Waals surface area contributed by atoms with Gasteiger partial charge in [-0.2, -0.15) is 0 Å². The molecule has 0 radical (unpaired) electrons. The molecule has 22 heavy (non-hydrogen) atoms. The highest BCUT2D eigenvalue weighted by atomic mass is 32.2. The Morgan fingerprint density at radius 2 is 2.18 bits per heavy atom. The second-order valence-electron chi connectivity index (χ2n) is 5.91. The number of benzene rings is 1. The van der Waals surface area contributed by atoms with Crippen molar-refractivity contribution in [2.45, 2.75) is 38.0 Å². The maximum Gasteiger partial charge on any atom is 0.254 e. The molecule has 5 heteroatoms. The number of anilines is 1. The minimum absolute atomic E-state index is 0.130. The van der Waals surface area contributed by atoms with Crippen LogP contribution in [-0.2, 0) is 11.2 Å². The summed E-state index contributed by atoms with van der Waals surface area (Å²) >= 11 is 1.88. The lowest BCUT2D eigenvalue weighted by Crippen LogP contribution is -2.35. The van der Waals surface area contributed by atoms with E-state index < -0.39 is 0 Å². The third-order valence-electron chi connectivity index (χ3n) is 4.46. The van der Waals surface area contributed by atoms with Gasteiger partial charge >= 0.3 is 0 Å². The van der Waals surface area contributed by atoms with Crippen molar-refractivity contribution in [2.24, 2.45) is 0 Å². The zero-order chi connectivity index (χ0) is 15.7. The first-order chi connectivity index (χ1) is 10.6. The number of nitrogens with zero attached hydrogens (tertiary/aromatic N) is 2. The minimum atomic E-state index is 0.130. The number of thioether (sulfide) groups is 1. The third kappa shape index (κ3) is 2.74. The van der Waals surface area contributed by atoms with Crippen molar-refractivity contribution in [1.82, 2.24) is 4.90 Å². The Morgan fingerprint density at radius 1 is 1.36 bits per heavy atom. The first-order valence-corrected chi connectivity index (χ1v) is 8.98. The summed E-state index contributed by atoms with van der Waals surface area (Å²) in [7, 11) is 1.80. The lowest BCUT2D eigenvalue weighted by Gasteiger charge is -2.27. The fourth-order valence-corrected chi connectivity index (χ4v) is 4.55. The van der Waals surface area contributed by atoms with Crippen LogP contribution in [0.15, 0.2) is 18.2 Å². The molecule has 0 aromatic heterocycles. The van der Waals surface area contributed by atoms with Crippen LogP contribution in [0.5, 0.6) is 0 Å². The number of fused-ring (bicyclic) bond motifs is 1. The molecule has 0 saturated carbocycles. The standard InChI is InChI=1S/C17H22N2O2S/c1-3-4-16-19(9-10-22-16)17(21)13-5-7-14-12(11-13)6-8-15(20)18(14)2/h5,7,11,16H,3-4,6,8-10H2,1-2H3/t16-/m0/s1. The molecular weight excluding hydrogens is 296 g/mol. The molecule has 2 aliphatic rings. The molecule has 1 atom stereocenters. The highest BCUT2D eigenvalue weighted by Crippen LogP contribution is 2.31. The van der Waals surface area contributed by atoms with E-state index in [1.807, 2.05) is 34.9 Å². The maximum atomic E-state index is 12.8. The predicted octanol–water partition coefficient (Wildman–Crippen LogP) is 2.91. The van der Waals surface area contributed by atoms with Gasteiger partial charge in [-0.05, 0) is 36.6 Å². The Balaban J connectivity index is 1.83. The number of amides is 2. The zero-order valence-electron chi connectivity index (χ0n) is 13.2. The van der Waals surface area contributed by atoms with Crippen molar-refractivity contribution >= 4 is 29.3 Å². The molecule has 2 aliphatic heterocycles. The van der Waals surface area contributed by atoms with Crippen LogP contribution in [0.3, 0.4) is 0 Å². The number of rotatable bonds is 3. The average Bonchev–Trinajstić information content (AvgIpc) is 2.98. The van der Waals surface area contributed by atoms with E-state index in [-0.39, 0.29) is 11.8 Å². The van der Waals surface area contributed by atoms with E-state index in [0.717, 1.165) is 48.4 Å².